The third kappa shape index (κ3) is 4.76. The number of alkyl carbamates (subject to hydrolysis) is 1. The molecule has 0 aliphatic carbocycles. The molecule has 0 fully saturated rings. The van der Waals surface area contributed by atoms with E-state index in [4.69, 9.17) is 4.74 Å². The molecule has 0 aliphatic heterocycles. The Bertz CT molecular complexity index is 693. The molecule has 1 aromatic heterocycles. The van der Waals surface area contributed by atoms with Crippen molar-refractivity contribution in [3.63, 3.8) is 0 Å². The lowest BCUT2D eigenvalue weighted by Gasteiger charge is -2.23. The molecule has 0 bridgehead atoms. The first-order valence-corrected chi connectivity index (χ1v) is 7.77. The van der Waals surface area contributed by atoms with Crippen molar-refractivity contribution in [1.29, 1.82) is 0 Å². The van der Waals surface area contributed by atoms with Gasteiger partial charge in [-0.3, -0.25) is 0 Å². The average molecular weight is 329 g/mol. The van der Waals surface area contributed by atoms with Gasteiger partial charge in [-0.2, -0.15) is 0 Å². The maximum Gasteiger partial charge on any atom is 0.408 e. The largest absolute Gasteiger partial charge is 0.444 e. The molecule has 0 aliphatic rings. The number of aliphatic hydroxyl groups excluding tert-OH is 1. The molecular weight excluding hydrogens is 306 g/mol. The van der Waals surface area contributed by atoms with Gasteiger partial charge in [0.05, 0.1) is 12.6 Å². The minimum absolute atomic E-state index is 0.216. The molecule has 6 nitrogen and oxygen atoms in total. The number of carbonyl (C=O) groups excluding carboxylic acids is 1. The Balaban J connectivity index is 2.13. The van der Waals surface area contributed by atoms with Crippen molar-refractivity contribution >= 4 is 6.09 Å². The van der Waals surface area contributed by atoms with Crippen LogP contribution < -0.4 is 5.32 Å². The first-order valence-electron chi connectivity index (χ1n) is 7.77. The summed E-state index contributed by atoms with van der Waals surface area (Å²) in [6, 6.07) is 7.03. The number of aromatic nitrogens is 2. The molecule has 2 rings (SSSR count). The molecule has 1 atom stereocenters. The normalized spacial score (nSPS) is 12.5. The van der Waals surface area contributed by atoms with E-state index in [-0.39, 0.29) is 6.61 Å². The van der Waals surface area contributed by atoms with Crippen molar-refractivity contribution in [3.8, 4) is 11.1 Å². The molecule has 24 heavy (non-hydrogen) atoms. The molecule has 0 radical (unpaired) electrons. The van der Waals surface area contributed by atoms with Crippen LogP contribution in [0.3, 0.4) is 0 Å². The molecule has 1 heterocycles. The number of aryl methyl sites for hydroxylation is 1. The van der Waals surface area contributed by atoms with Crippen LogP contribution in [0.25, 0.3) is 11.1 Å². The number of aliphatic hydroxyl groups is 1. The Morgan fingerprint density at radius 2 is 1.96 bits per heavy atom. The van der Waals surface area contributed by atoms with E-state index >= 15 is 0 Å². The van der Waals surface area contributed by atoms with Gasteiger partial charge in [-0.15, -0.1) is 0 Å². The summed E-state index contributed by atoms with van der Waals surface area (Å²) in [6.45, 7) is 7.08. The van der Waals surface area contributed by atoms with E-state index in [0.717, 1.165) is 22.4 Å². The van der Waals surface area contributed by atoms with Crippen molar-refractivity contribution in [1.82, 2.24) is 15.3 Å². The first-order chi connectivity index (χ1) is 11.3. The maximum absolute atomic E-state index is 11.9. The second-order valence-corrected chi connectivity index (χ2v) is 6.53. The Kier molecular flexibility index (Phi) is 5.51. The molecule has 0 unspecified atom stereocenters. The van der Waals surface area contributed by atoms with Gasteiger partial charge in [-0.05, 0) is 38.8 Å². The summed E-state index contributed by atoms with van der Waals surface area (Å²) >= 11 is 0. The van der Waals surface area contributed by atoms with Crippen molar-refractivity contribution in [2.75, 3.05) is 6.61 Å². The van der Waals surface area contributed by atoms with Crippen LogP contribution in [-0.4, -0.2) is 33.4 Å². The Hall–Kier alpha value is -2.47. The van der Waals surface area contributed by atoms with Gasteiger partial charge in [0.15, 0.2) is 0 Å². The van der Waals surface area contributed by atoms with Gasteiger partial charge in [-0.1, -0.05) is 24.3 Å². The van der Waals surface area contributed by atoms with Gasteiger partial charge in [0.2, 0.25) is 0 Å². The highest BCUT2D eigenvalue weighted by Gasteiger charge is 2.20. The lowest BCUT2D eigenvalue weighted by atomic mass is 10.0. The number of nitrogens with one attached hydrogen (secondary N) is 1. The summed E-state index contributed by atoms with van der Waals surface area (Å²) in [5, 5.41) is 12.2. The molecule has 6 heteroatoms. The van der Waals surface area contributed by atoms with Crippen molar-refractivity contribution < 1.29 is 14.6 Å². The molecular formula is C18H23N3O3. The third-order valence-corrected chi connectivity index (χ3v) is 3.41. The predicted molar refractivity (Wildman–Crippen MR) is 91.4 cm³/mol. The van der Waals surface area contributed by atoms with E-state index in [1.165, 1.54) is 6.33 Å². The van der Waals surface area contributed by atoms with Crippen LogP contribution in [0, 0.1) is 6.92 Å². The highest BCUT2D eigenvalue weighted by molar-refractivity contribution is 5.69. The fourth-order valence-corrected chi connectivity index (χ4v) is 2.25. The lowest BCUT2D eigenvalue weighted by Crippen LogP contribution is -2.36. The number of benzene rings is 1. The summed E-state index contributed by atoms with van der Waals surface area (Å²) in [7, 11) is 0. The number of rotatable bonds is 4. The summed E-state index contributed by atoms with van der Waals surface area (Å²) in [4.78, 5) is 20.1. The van der Waals surface area contributed by atoms with Crippen molar-refractivity contribution in [2.24, 2.45) is 0 Å². The van der Waals surface area contributed by atoms with Crippen molar-refractivity contribution in [3.05, 3.63) is 48.0 Å². The van der Waals surface area contributed by atoms with E-state index < -0.39 is 17.7 Å². The number of hydrogen-bond donors (Lipinski definition) is 2. The van der Waals surface area contributed by atoms with Crippen LogP contribution in [-0.2, 0) is 4.74 Å². The van der Waals surface area contributed by atoms with E-state index in [1.54, 1.807) is 27.0 Å². The van der Waals surface area contributed by atoms with Gasteiger partial charge < -0.3 is 15.2 Å². The molecule has 1 aromatic carbocycles. The van der Waals surface area contributed by atoms with Crippen LogP contribution in [0.4, 0.5) is 4.79 Å². The maximum atomic E-state index is 11.9. The van der Waals surface area contributed by atoms with Gasteiger partial charge in [0.25, 0.3) is 0 Å². The molecule has 0 saturated carbocycles. The topological polar surface area (TPSA) is 84.3 Å². The molecule has 1 amide bonds. The van der Waals surface area contributed by atoms with Gasteiger partial charge in [0, 0.05) is 17.5 Å². The highest BCUT2D eigenvalue weighted by Crippen LogP contribution is 2.23. The minimum Gasteiger partial charge on any atom is -0.444 e. The van der Waals surface area contributed by atoms with Crippen LogP contribution in [0.2, 0.25) is 0 Å². The number of nitrogens with zero attached hydrogens (tertiary/aromatic N) is 2. The number of amides is 1. The quantitative estimate of drug-likeness (QED) is 0.901. The van der Waals surface area contributed by atoms with E-state index in [9.17, 15) is 9.90 Å². The molecule has 0 saturated heterocycles. The van der Waals surface area contributed by atoms with Crippen LogP contribution in [0.5, 0.6) is 0 Å². The smallest absolute Gasteiger partial charge is 0.408 e. The zero-order chi connectivity index (χ0) is 17.7. The van der Waals surface area contributed by atoms with Crippen LogP contribution >= 0.6 is 0 Å². The van der Waals surface area contributed by atoms with Crippen LogP contribution in [0.1, 0.15) is 38.1 Å². The molecule has 0 spiro atoms. The van der Waals surface area contributed by atoms with Crippen molar-refractivity contribution in [2.45, 2.75) is 39.3 Å². The standard InChI is InChI=1S/C18H23N3O3/c1-12-15(9-19-11-20-12)13-5-7-14(8-6-13)16(10-22)21-17(23)24-18(2,3)4/h5-9,11,16,22H,10H2,1-4H3,(H,21,23)/t16-/m0/s1. The number of carbonyl (C=O) groups is 1. The zero-order valence-electron chi connectivity index (χ0n) is 14.4. The van der Waals surface area contributed by atoms with Gasteiger partial charge in [-0.25, -0.2) is 14.8 Å². The fourth-order valence-electron chi connectivity index (χ4n) is 2.25. The summed E-state index contributed by atoms with van der Waals surface area (Å²) < 4.78 is 5.22. The lowest BCUT2D eigenvalue weighted by molar-refractivity contribution is 0.0482. The van der Waals surface area contributed by atoms with Gasteiger partial charge in [0.1, 0.15) is 11.9 Å². The van der Waals surface area contributed by atoms with Gasteiger partial charge >= 0.3 is 6.09 Å². The first kappa shape index (κ1) is 17.9. The Labute approximate surface area is 141 Å². The minimum atomic E-state index is -0.585. The van der Waals surface area contributed by atoms with E-state index in [2.05, 4.69) is 15.3 Å². The second kappa shape index (κ2) is 7.40. The molecule has 128 valence electrons. The monoisotopic (exact) mass is 329 g/mol. The molecule has 2 N–H and O–H groups in total. The highest BCUT2D eigenvalue weighted by atomic mass is 16.6. The van der Waals surface area contributed by atoms with E-state index in [0.29, 0.717) is 0 Å². The summed E-state index contributed by atoms with van der Waals surface area (Å²) in [5.41, 5.74) is 3.03. The number of ether oxygens (including phenoxy) is 1. The van der Waals surface area contributed by atoms with E-state index in [1.807, 2.05) is 31.2 Å². The predicted octanol–water partition coefficient (Wildman–Crippen LogP) is 3.01. The number of hydrogen-bond acceptors (Lipinski definition) is 5. The Morgan fingerprint density at radius 1 is 1.29 bits per heavy atom. The zero-order valence-corrected chi connectivity index (χ0v) is 14.4. The Morgan fingerprint density at radius 3 is 2.50 bits per heavy atom. The average Bonchev–Trinajstić information content (AvgIpc) is 2.52. The SMILES string of the molecule is Cc1ncncc1-c1ccc([C@H](CO)NC(=O)OC(C)(C)C)cc1. The van der Waals surface area contributed by atoms with Crippen LogP contribution in [0.15, 0.2) is 36.8 Å². The summed E-state index contributed by atoms with van der Waals surface area (Å²) in [5.74, 6) is 0. The summed E-state index contributed by atoms with van der Waals surface area (Å²) in [6.07, 6.45) is 2.72. The fraction of sp³-hybridized carbons (Fsp3) is 0.389. The third-order valence-electron chi connectivity index (χ3n) is 3.41. The second-order valence-electron chi connectivity index (χ2n) is 6.53. The molecule has 2 aromatic rings.